The summed E-state index contributed by atoms with van der Waals surface area (Å²) >= 11 is 0. The zero-order valence-electron chi connectivity index (χ0n) is 14.1. The van der Waals surface area contributed by atoms with Gasteiger partial charge in [0, 0.05) is 19.6 Å². The summed E-state index contributed by atoms with van der Waals surface area (Å²) in [7, 11) is -4.07. The van der Waals surface area contributed by atoms with Crippen LogP contribution < -0.4 is 5.32 Å². The number of benzene rings is 1. The molecule has 0 spiro atoms. The summed E-state index contributed by atoms with van der Waals surface area (Å²) < 4.78 is 46.1. The van der Waals surface area contributed by atoms with Crippen LogP contribution in [-0.2, 0) is 14.8 Å². The Bertz CT molecular complexity index is 899. The van der Waals surface area contributed by atoms with Crippen molar-refractivity contribution in [1.82, 2.24) is 19.8 Å². The molecule has 1 saturated heterocycles. The number of hydrogen-bond donors (Lipinski definition) is 2. The lowest BCUT2D eigenvalue weighted by Crippen LogP contribution is -2.48. The Kier molecular flexibility index (Phi) is 5.35. The van der Waals surface area contributed by atoms with Gasteiger partial charge in [0.25, 0.3) is 10.0 Å². The molecule has 1 aliphatic heterocycles. The fourth-order valence-corrected chi connectivity index (χ4v) is 4.59. The summed E-state index contributed by atoms with van der Waals surface area (Å²) in [4.78, 5) is 12.0. The van der Waals surface area contributed by atoms with Crippen LogP contribution in [-0.4, -0.2) is 55.1 Å². The van der Waals surface area contributed by atoms with Crippen molar-refractivity contribution in [2.75, 3.05) is 26.2 Å². The molecule has 1 aromatic heterocycles. The Morgan fingerprint density at radius 3 is 3.00 bits per heavy atom. The second-order valence-electron chi connectivity index (χ2n) is 5.72. The molecule has 1 fully saturated rings. The zero-order valence-corrected chi connectivity index (χ0v) is 14.9. The lowest BCUT2D eigenvalue weighted by Gasteiger charge is -2.35. The van der Waals surface area contributed by atoms with E-state index in [0.717, 1.165) is 6.20 Å². The van der Waals surface area contributed by atoms with Crippen molar-refractivity contribution in [1.29, 1.82) is 0 Å². The van der Waals surface area contributed by atoms with E-state index in [1.165, 1.54) is 22.5 Å². The number of nitrogens with zero attached hydrogens (tertiary/aromatic N) is 2. The third kappa shape index (κ3) is 3.48. The van der Waals surface area contributed by atoms with Crippen LogP contribution in [0.1, 0.15) is 28.9 Å². The highest BCUT2D eigenvalue weighted by atomic mass is 32.2. The lowest BCUT2D eigenvalue weighted by atomic mass is 10.1. The van der Waals surface area contributed by atoms with E-state index in [2.05, 4.69) is 15.5 Å². The van der Waals surface area contributed by atoms with E-state index < -0.39 is 27.9 Å². The van der Waals surface area contributed by atoms with Gasteiger partial charge >= 0.3 is 5.97 Å². The van der Waals surface area contributed by atoms with Crippen molar-refractivity contribution in [3.63, 3.8) is 0 Å². The van der Waals surface area contributed by atoms with E-state index in [-0.39, 0.29) is 23.7 Å². The minimum Gasteiger partial charge on any atom is -0.462 e. The third-order valence-corrected chi connectivity index (χ3v) is 5.98. The largest absolute Gasteiger partial charge is 0.462 e. The minimum absolute atomic E-state index is 0.114. The molecule has 1 aromatic carbocycles. The van der Waals surface area contributed by atoms with Gasteiger partial charge in [-0.05, 0) is 24.6 Å². The van der Waals surface area contributed by atoms with Crippen LogP contribution in [0.3, 0.4) is 0 Å². The van der Waals surface area contributed by atoms with Crippen LogP contribution in [0.15, 0.2) is 35.5 Å². The third-order valence-electron chi connectivity index (χ3n) is 4.09. The molecule has 8 nitrogen and oxygen atoms in total. The van der Waals surface area contributed by atoms with Gasteiger partial charge in [-0.1, -0.05) is 12.1 Å². The first-order valence-corrected chi connectivity index (χ1v) is 9.57. The number of carbonyl (C=O) groups is 1. The number of carbonyl (C=O) groups excluding carboxylic acids is 1. The van der Waals surface area contributed by atoms with Crippen molar-refractivity contribution in [2.24, 2.45) is 0 Å². The number of aromatic nitrogens is 2. The normalized spacial score (nSPS) is 18.6. The van der Waals surface area contributed by atoms with E-state index in [1.807, 2.05) is 0 Å². The molecule has 3 rings (SSSR count). The Morgan fingerprint density at radius 1 is 1.46 bits per heavy atom. The number of halogens is 1. The molecule has 10 heteroatoms. The first kappa shape index (κ1) is 18.5. The first-order valence-electron chi connectivity index (χ1n) is 8.13. The quantitative estimate of drug-likeness (QED) is 0.750. The molecule has 140 valence electrons. The maximum Gasteiger partial charge on any atom is 0.342 e. The highest BCUT2D eigenvalue weighted by molar-refractivity contribution is 7.89. The summed E-state index contributed by atoms with van der Waals surface area (Å²) in [6.07, 6.45) is 1.13. The minimum atomic E-state index is -4.07. The summed E-state index contributed by atoms with van der Waals surface area (Å²) in [6, 6.07) is 5.20. The second-order valence-corrected chi connectivity index (χ2v) is 7.55. The predicted molar refractivity (Wildman–Crippen MR) is 90.4 cm³/mol. The Hall–Kier alpha value is -2.30. The van der Waals surface area contributed by atoms with Gasteiger partial charge in [-0.2, -0.15) is 9.40 Å². The van der Waals surface area contributed by atoms with Crippen molar-refractivity contribution in [2.45, 2.75) is 18.0 Å². The number of aromatic amines is 1. The fraction of sp³-hybridized carbons (Fsp3) is 0.375. The number of ether oxygens (including phenoxy) is 1. The molecule has 0 saturated carbocycles. The smallest absolute Gasteiger partial charge is 0.342 e. The molecule has 0 aliphatic carbocycles. The van der Waals surface area contributed by atoms with E-state index in [4.69, 9.17) is 4.74 Å². The Balaban J connectivity index is 2.00. The maximum atomic E-state index is 13.6. The molecule has 1 aliphatic rings. The van der Waals surface area contributed by atoms with Gasteiger partial charge in [0.1, 0.15) is 11.4 Å². The molecular formula is C16H19FN4O4S. The molecule has 1 unspecified atom stereocenters. The van der Waals surface area contributed by atoms with E-state index in [1.54, 1.807) is 13.0 Å². The summed E-state index contributed by atoms with van der Waals surface area (Å²) in [6.45, 7) is 2.68. The number of piperazine rings is 1. The molecule has 1 atom stereocenters. The lowest BCUT2D eigenvalue weighted by molar-refractivity contribution is 0.0521. The summed E-state index contributed by atoms with van der Waals surface area (Å²) in [5, 5.41) is 8.87. The van der Waals surface area contributed by atoms with Gasteiger partial charge in [0.05, 0.1) is 18.8 Å². The molecule has 2 aromatic rings. The average molecular weight is 382 g/mol. The van der Waals surface area contributed by atoms with E-state index in [9.17, 15) is 17.6 Å². The monoisotopic (exact) mass is 382 g/mol. The van der Waals surface area contributed by atoms with Gasteiger partial charge in [-0.3, -0.25) is 5.10 Å². The van der Waals surface area contributed by atoms with Crippen molar-refractivity contribution in [3.05, 3.63) is 47.4 Å². The van der Waals surface area contributed by atoms with Gasteiger partial charge in [-0.15, -0.1) is 0 Å². The number of esters is 1. The highest BCUT2D eigenvalue weighted by Gasteiger charge is 2.38. The first-order chi connectivity index (χ1) is 12.4. The second kappa shape index (κ2) is 7.52. The number of hydrogen-bond acceptors (Lipinski definition) is 6. The summed E-state index contributed by atoms with van der Waals surface area (Å²) in [5.41, 5.74) is 0.376. The Labute approximate surface area is 150 Å². The van der Waals surface area contributed by atoms with Gasteiger partial charge in [0.2, 0.25) is 0 Å². The molecular weight excluding hydrogens is 363 g/mol. The van der Waals surface area contributed by atoms with E-state index in [0.29, 0.717) is 18.7 Å². The predicted octanol–water partition coefficient (Wildman–Crippen LogP) is 1.06. The van der Waals surface area contributed by atoms with E-state index >= 15 is 0 Å². The standard InChI is InChI=1S/C16H19FN4O4S/c1-2-25-16(22)13-9-19-20-15(13)26(23,24)21-7-6-18-10-14(21)11-4-3-5-12(17)8-11/h3-5,8-9,14,18H,2,6-7,10H2,1H3,(H,19,20). The van der Waals surface area contributed by atoms with Crippen LogP contribution in [0.25, 0.3) is 0 Å². The van der Waals surface area contributed by atoms with Crippen LogP contribution >= 0.6 is 0 Å². The zero-order chi connectivity index (χ0) is 18.7. The van der Waals surface area contributed by atoms with Gasteiger partial charge in [0.15, 0.2) is 5.03 Å². The van der Waals surface area contributed by atoms with Crippen LogP contribution in [0.4, 0.5) is 4.39 Å². The number of rotatable bonds is 5. The average Bonchev–Trinajstić information content (AvgIpc) is 3.13. The van der Waals surface area contributed by atoms with Crippen molar-refractivity contribution >= 4 is 16.0 Å². The number of sulfonamides is 1. The maximum absolute atomic E-state index is 13.6. The topological polar surface area (TPSA) is 104 Å². The summed E-state index contributed by atoms with van der Waals surface area (Å²) in [5.74, 6) is -1.21. The molecule has 0 radical (unpaired) electrons. The number of nitrogens with one attached hydrogen (secondary N) is 2. The number of H-pyrrole nitrogens is 1. The molecule has 2 heterocycles. The van der Waals surface area contributed by atoms with Crippen LogP contribution in [0, 0.1) is 5.82 Å². The SMILES string of the molecule is CCOC(=O)c1cn[nH]c1S(=O)(=O)N1CCNCC1c1cccc(F)c1. The molecule has 0 bridgehead atoms. The molecule has 0 amide bonds. The van der Waals surface area contributed by atoms with Crippen LogP contribution in [0.2, 0.25) is 0 Å². The van der Waals surface area contributed by atoms with Crippen molar-refractivity contribution < 1.29 is 22.3 Å². The highest BCUT2D eigenvalue weighted by Crippen LogP contribution is 2.30. The van der Waals surface area contributed by atoms with Gasteiger partial charge in [-0.25, -0.2) is 17.6 Å². The van der Waals surface area contributed by atoms with Crippen LogP contribution in [0.5, 0.6) is 0 Å². The fourth-order valence-electron chi connectivity index (χ4n) is 2.91. The molecule has 26 heavy (non-hydrogen) atoms. The van der Waals surface area contributed by atoms with Crippen molar-refractivity contribution in [3.8, 4) is 0 Å². The molecule has 2 N–H and O–H groups in total. The van der Waals surface area contributed by atoms with Gasteiger partial charge < -0.3 is 10.1 Å². The Morgan fingerprint density at radius 2 is 2.27 bits per heavy atom.